The van der Waals surface area contributed by atoms with Gasteiger partial charge in [-0.05, 0) is 27.7 Å². The van der Waals surface area contributed by atoms with Crippen molar-refractivity contribution in [2.75, 3.05) is 6.61 Å². The third-order valence-electron chi connectivity index (χ3n) is 1.92. The fourth-order valence-electron chi connectivity index (χ4n) is 0.789. The van der Waals surface area contributed by atoms with Crippen molar-refractivity contribution in [3.63, 3.8) is 0 Å². The Morgan fingerprint density at radius 3 is 2.20 bits per heavy atom. The molecule has 0 aromatic rings. The van der Waals surface area contributed by atoms with Gasteiger partial charge in [-0.1, -0.05) is 0 Å². The van der Waals surface area contributed by atoms with E-state index in [1.807, 2.05) is 0 Å². The average Bonchev–Trinajstić information content (AvgIpc) is 2.01. The fraction of sp³-hybridized carbons (Fsp3) is 1.00. The van der Waals surface area contributed by atoms with Gasteiger partial charge < -0.3 is 5.11 Å². The van der Waals surface area contributed by atoms with Crippen molar-refractivity contribution < 1.29 is 18.1 Å². The van der Waals surface area contributed by atoms with Crippen LogP contribution < -0.4 is 4.72 Å². The Hall–Kier alpha value is -0.0700. The molecule has 0 aliphatic carbocycles. The summed E-state index contributed by atoms with van der Waals surface area (Å²) in [5.74, 6) is -3.05. The number of aliphatic hydroxyl groups is 1. The van der Waals surface area contributed by atoms with Crippen LogP contribution in [0.1, 0.15) is 34.1 Å². The van der Waals surface area contributed by atoms with E-state index in [1.54, 1.807) is 20.8 Å². The largest absolute Gasteiger partial charge is 0.396 e. The molecule has 0 aromatic carbocycles. The lowest BCUT2D eigenvalue weighted by Crippen LogP contribution is -2.47. The molecule has 0 unspecified atom stereocenters. The predicted molar refractivity (Wildman–Crippen MR) is 57.1 cm³/mol. The summed E-state index contributed by atoms with van der Waals surface area (Å²) < 4.78 is 39.7. The van der Waals surface area contributed by atoms with Gasteiger partial charge in [0.25, 0.3) is 5.92 Å². The van der Waals surface area contributed by atoms with E-state index in [0.29, 0.717) is 0 Å². The molecule has 3 nitrogen and oxygen atoms in total. The van der Waals surface area contributed by atoms with Crippen LogP contribution in [0.25, 0.3) is 0 Å². The smallest absolute Gasteiger partial charge is 0.265 e. The van der Waals surface area contributed by atoms with E-state index < -0.39 is 40.7 Å². The molecule has 0 spiro atoms. The highest BCUT2D eigenvalue weighted by molar-refractivity contribution is 7.84. The molecule has 0 saturated carbocycles. The Morgan fingerprint density at radius 1 is 1.40 bits per heavy atom. The zero-order valence-corrected chi connectivity index (χ0v) is 10.3. The summed E-state index contributed by atoms with van der Waals surface area (Å²) in [7, 11) is -1.53. The van der Waals surface area contributed by atoms with E-state index in [-0.39, 0.29) is 0 Å². The number of nitrogens with one attached hydrogen (secondary N) is 1. The molecule has 6 heteroatoms. The van der Waals surface area contributed by atoms with Gasteiger partial charge in [-0.25, -0.2) is 17.7 Å². The molecule has 0 aliphatic heterocycles. The highest BCUT2D eigenvalue weighted by Crippen LogP contribution is 2.23. The Labute approximate surface area is 91.8 Å². The van der Waals surface area contributed by atoms with Gasteiger partial charge in [0.15, 0.2) is 0 Å². The first-order valence-corrected chi connectivity index (χ1v) is 5.93. The van der Waals surface area contributed by atoms with Crippen LogP contribution in [0.15, 0.2) is 0 Å². The molecule has 15 heavy (non-hydrogen) atoms. The first kappa shape index (κ1) is 14.9. The molecule has 0 saturated heterocycles. The molecule has 0 heterocycles. The van der Waals surface area contributed by atoms with E-state index in [1.165, 1.54) is 6.92 Å². The highest BCUT2D eigenvalue weighted by Gasteiger charge is 2.37. The van der Waals surface area contributed by atoms with Crippen LogP contribution in [0.3, 0.4) is 0 Å². The maximum Gasteiger partial charge on any atom is 0.265 e. The molecule has 92 valence electrons. The van der Waals surface area contributed by atoms with E-state index in [0.717, 1.165) is 0 Å². The van der Waals surface area contributed by atoms with E-state index in [2.05, 4.69) is 4.72 Å². The van der Waals surface area contributed by atoms with Gasteiger partial charge in [-0.3, -0.25) is 0 Å². The number of alkyl halides is 2. The van der Waals surface area contributed by atoms with Gasteiger partial charge in [0.1, 0.15) is 0 Å². The number of hydrogen-bond acceptors (Lipinski definition) is 2. The minimum atomic E-state index is -3.05. The van der Waals surface area contributed by atoms with Crippen LogP contribution in [0.4, 0.5) is 8.78 Å². The first-order chi connectivity index (χ1) is 6.61. The number of halogens is 2. The van der Waals surface area contributed by atoms with Gasteiger partial charge in [0, 0.05) is 13.0 Å². The van der Waals surface area contributed by atoms with Crippen molar-refractivity contribution in [1.82, 2.24) is 4.72 Å². The van der Waals surface area contributed by atoms with Crippen LogP contribution in [0.2, 0.25) is 0 Å². The van der Waals surface area contributed by atoms with Gasteiger partial charge in [-0.2, -0.15) is 0 Å². The van der Waals surface area contributed by atoms with Crippen LogP contribution in [-0.2, 0) is 11.0 Å². The van der Waals surface area contributed by atoms with E-state index in [4.69, 9.17) is 5.11 Å². The number of rotatable bonds is 5. The summed E-state index contributed by atoms with van der Waals surface area (Å²) in [6.07, 6.45) is -0.623. The quantitative estimate of drug-likeness (QED) is 0.767. The predicted octanol–water partition coefficient (Wildman–Crippen LogP) is 1.44. The summed E-state index contributed by atoms with van der Waals surface area (Å²) in [6, 6.07) is -1.22. The lowest BCUT2D eigenvalue weighted by atomic mass is 10.1. The van der Waals surface area contributed by atoms with Gasteiger partial charge in [-0.15, -0.1) is 0 Å². The molecule has 0 aliphatic rings. The molecule has 0 aromatic heterocycles. The third kappa shape index (κ3) is 4.99. The fourth-order valence-corrected chi connectivity index (χ4v) is 1.64. The SMILES string of the molecule is C[C@H](N[S@@](=O)C(C)(C)C)C(F)(F)CCO. The second kappa shape index (κ2) is 5.32. The van der Waals surface area contributed by atoms with Crippen molar-refractivity contribution in [1.29, 1.82) is 0 Å². The Morgan fingerprint density at radius 2 is 1.87 bits per heavy atom. The molecule has 2 atom stereocenters. The maximum absolute atomic E-state index is 13.2. The molecular formula is C9H19F2NO2S. The monoisotopic (exact) mass is 243 g/mol. The molecule has 2 N–H and O–H groups in total. The van der Waals surface area contributed by atoms with Crippen LogP contribution in [0, 0.1) is 0 Å². The lowest BCUT2D eigenvalue weighted by Gasteiger charge is -2.27. The minimum Gasteiger partial charge on any atom is -0.396 e. The van der Waals surface area contributed by atoms with Crippen LogP contribution in [0.5, 0.6) is 0 Å². The van der Waals surface area contributed by atoms with Crippen LogP contribution in [-0.4, -0.2) is 32.6 Å². The maximum atomic E-state index is 13.2. The molecule has 0 fully saturated rings. The zero-order valence-electron chi connectivity index (χ0n) is 9.51. The third-order valence-corrected chi connectivity index (χ3v) is 3.60. The highest BCUT2D eigenvalue weighted by atomic mass is 32.2. The summed E-state index contributed by atoms with van der Waals surface area (Å²) in [5.41, 5.74) is 0. The standard InChI is InChI=1S/C9H19F2NO2S/c1-7(9(10,11)5-6-13)12-15(14)8(2,3)4/h7,12-13H,5-6H2,1-4H3/t7-,15-/m0/s1. The molecule has 0 amide bonds. The molecule has 0 radical (unpaired) electrons. The van der Waals surface area contributed by atoms with Gasteiger partial charge in [0.05, 0.1) is 21.8 Å². The number of hydrogen-bond donors (Lipinski definition) is 2. The summed E-state index contributed by atoms with van der Waals surface area (Å²) >= 11 is 0. The number of aliphatic hydroxyl groups excluding tert-OH is 1. The first-order valence-electron chi connectivity index (χ1n) is 4.78. The van der Waals surface area contributed by atoms with Crippen molar-refractivity contribution in [2.24, 2.45) is 0 Å². The molecule has 0 bridgehead atoms. The zero-order chi connectivity index (χ0) is 12.3. The second-order valence-electron chi connectivity index (χ2n) is 4.46. The second-order valence-corrected chi connectivity index (χ2v) is 6.45. The topological polar surface area (TPSA) is 49.3 Å². The summed E-state index contributed by atoms with van der Waals surface area (Å²) in [5, 5.41) is 8.46. The summed E-state index contributed by atoms with van der Waals surface area (Å²) in [4.78, 5) is 0. The Bertz CT molecular complexity index is 229. The average molecular weight is 243 g/mol. The van der Waals surface area contributed by atoms with Crippen molar-refractivity contribution in [3.05, 3.63) is 0 Å². The van der Waals surface area contributed by atoms with Crippen LogP contribution >= 0.6 is 0 Å². The summed E-state index contributed by atoms with van der Waals surface area (Å²) in [6.45, 7) is 5.79. The van der Waals surface area contributed by atoms with Crippen molar-refractivity contribution in [3.8, 4) is 0 Å². The Balaban J connectivity index is 4.37. The van der Waals surface area contributed by atoms with E-state index in [9.17, 15) is 13.0 Å². The minimum absolute atomic E-state index is 0.580. The Kier molecular flexibility index (Phi) is 5.29. The lowest BCUT2D eigenvalue weighted by molar-refractivity contribution is -0.0438. The molecule has 0 rings (SSSR count). The van der Waals surface area contributed by atoms with Gasteiger partial charge in [0.2, 0.25) is 0 Å². The van der Waals surface area contributed by atoms with Gasteiger partial charge >= 0.3 is 0 Å². The normalized spacial score (nSPS) is 17.5. The van der Waals surface area contributed by atoms with E-state index >= 15 is 0 Å². The van der Waals surface area contributed by atoms with Crippen molar-refractivity contribution in [2.45, 2.75) is 50.8 Å². The van der Waals surface area contributed by atoms with Crippen molar-refractivity contribution >= 4 is 11.0 Å². The molecular weight excluding hydrogens is 224 g/mol.